The van der Waals surface area contributed by atoms with E-state index in [4.69, 9.17) is 0 Å². The van der Waals surface area contributed by atoms with Gasteiger partial charge in [0.2, 0.25) is 0 Å². The molecule has 0 aliphatic carbocycles. The third-order valence-corrected chi connectivity index (χ3v) is 1.88. The zero-order chi connectivity index (χ0) is 8.48. The number of hydrogen-bond acceptors (Lipinski definition) is 4. The maximum Gasteiger partial charge on any atom is 0.163 e. The fourth-order valence-corrected chi connectivity index (χ4v) is 1.08. The summed E-state index contributed by atoms with van der Waals surface area (Å²) in [4.78, 5) is 7.20. The Kier molecular flexibility index (Phi) is 3.89. The molecule has 0 unspecified atom stereocenters. The van der Waals surface area contributed by atoms with Gasteiger partial charge in [-0.2, -0.15) is 0 Å². The normalized spacial score (nSPS) is 10.5. The molecular weight excluding hydrogens is 215 g/mol. The summed E-state index contributed by atoms with van der Waals surface area (Å²) >= 11 is 0. The van der Waals surface area contributed by atoms with Gasteiger partial charge in [-0.1, -0.05) is 18.8 Å². The Labute approximate surface area is 83.2 Å². The van der Waals surface area contributed by atoms with E-state index in [1.807, 2.05) is 0 Å². The minimum Gasteiger partial charge on any atom is -0.360 e. The molecule has 0 atom stereocenters. The summed E-state index contributed by atoms with van der Waals surface area (Å²) < 4.78 is 21.7. The summed E-state index contributed by atoms with van der Waals surface area (Å²) in [6.07, 6.45) is 3.51. The molecule has 6 heteroatoms. The number of aryl methyl sites for hydroxylation is 1. The van der Waals surface area contributed by atoms with Crippen molar-refractivity contribution in [2.24, 2.45) is 0 Å². The average Bonchev–Trinajstić information content (AvgIpc) is 1.86. The summed E-state index contributed by atoms with van der Waals surface area (Å²) in [6, 6.07) is 1.52. The van der Waals surface area contributed by atoms with Crippen LogP contribution >= 0.6 is 0 Å². The zero-order valence-electron chi connectivity index (χ0n) is 6.64. The molecule has 4 nitrogen and oxygen atoms in total. The second-order valence-electron chi connectivity index (χ2n) is 2.19. The van der Waals surface area contributed by atoms with E-state index in [-0.39, 0.29) is 23.7 Å². The van der Waals surface area contributed by atoms with Crippen LogP contribution in [0.15, 0.2) is 11.2 Å². The standard InChI is InChI=1S/C6H7N2O2S.V/c1-5-3-4-7-6(8-5)11(2,9)10;/h3H,1-2H3;/q-1;. The van der Waals surface area contributed by atoms with Crippen molar-refractivity contribution in [3.05, 3.63) is 18.0 Å². The Morgan fingerprint density at radius 2 is 2.08 bits per heavy atom. The molecule has 1 radical (unpaired) electrons. The van der Waals surface area contributed by atoms with Crippen molar-refractivity contribution in [3.8, 4) is 0 Å². The molecule has 0 fully saturated rings. The van der Waals surface area contributed by atoms with E-state index in [2.05, 4.69) is 16.2 Å². The van der Waals surface area contributed by atoms with Crippen molar-refractivity contribution in [2.75, 3.05) is 6.26 Å². The van der Waals surface area contributed by atoms with Crippen LogP contribution in [0.5, 0.6) is 0 Å². The Balaban J connectivity index is 0.00000121. The van der Waals surface area contributed by atoms with Gasteiger partial charge in [0.05, 0.1) is 0 Å². The summed E-state index contributed by atoms with van der Waals surface area (Å²) in [6.45, 7) is 1.69. The third kappa shape index (κ3) is 2.93. The van der Waals surface area contributed by atoms with Gasteiger partial charge < -0.3 is 9.97 Å². The molecule has 0 amide bonds. The first kappa shape index (κ1) is 11.6. The molecule has 1 heterocycles. The molecule has 0 aliphatic rings. The van der Waals surface area contributed by atoms with E-state index in [1.54, 1.807) is 6.92 Å². The second-order valence-corrected chi connectivity index (χ2v) is 4.10. The number of hydrogen-bond donors (Lipinski definition) is 0. The van der Waals surface area contributed by atoms with E-state index in [0.29, 0.717) is 5.69 Å². The topological polar surface area (TPSA) is 59.9 Å². The minimum absolute atomic E-state index is 0. The summed E-state index contributed by atoms with van der Waals surface area (Å²) in [5.74, 6) is 0. The molecule has 0 bridgehead atoms. The first-order chi connectivity index (χ1) is 5.00. The van der Waals surface area contributed by atoms with Crippen LogP contribution in [-0.2, 0) is 28.4 Å². The Morgan fingerprint density at radius 3 is 2.42 bits per heavy atom. The molecule has 0 saturated carbocycles. The predicted molar refractivity (Wildman–Crippen MR) is 38.7 cm³/mol. The number of aromatic nitrogens is 2. The molecule has 1 rings (SSSR count). The van der Waals surface area contributed by atoms with Gasteiger partial charge in [-0.25, -0.2) is 8.42 Å². The van der Waals surface area contributed by atoms with E-state index in [1.165, 1.54) is 6.07 Å². The predicted octanol–water partition coefficient (Wildman–Crippen LogP) is -0.0138. The zero-order valence-corrected chi connectivity index (χ0v) is 8.86. The van der Waals surface area contributed by atoms with Gasteiger partial charge >= 0.3 is 0 Å². The van der Waals surface area contributed by atoms with Crippen molar-refractivity contribution in [3.63, 3.8) is 0 Å². The maximum atomic E-state index is 10.8. The quantitative estimate of drug-likeness (QED) is 0.495. The summed E-state index contributed by atoms with van der Waals surface area (Å²) in [5, 5.41) is -0.169. The van der Waals surface area contributed by atoms with Crippen LogP contribution in [0.2, 0.25) is 0 Å². The number of sulfone groups is 1. The molecule has 1 aromatic rings. The summed E-state index contributed by atoms with van der Waals surface area (Å²) in [5.41, 5.74) is 0.598. The molecule has 12 heavy (non-hydrogen) atoms. The first-order valence-corrected chi connectivity index (χ1v) is 4.81. The fourth-order valence-electron chi connectivity index (χ4n) is 0.555. The van der Waals surface area contributed by atoms with E-state index < -0.39 is 9.84 Å². The molecule has 65 valence electrons. The van der Waals surface area contributed by atoms with Crippen LogP contribution in [-0.4, -0.2) is 24.6 Å². The maximum absolute atomic E-state index is 10.8. The van der Waals surface area contributed by atoms with Crippen LogP contribution in [0.25, 0.3) is 0 Å². The van der Waals surface area contributed by atoms with Crippen LogP contribution in [0.1, 0.15) is 5.69 Å². The van der Waals surface area contributed by atoms with Gasteiger partial charge in [0.1, 0.15) is 5.16 Å². The van der Waals surface area contributed by atoms with Gasteiger partial charge in [-0.05, 0) is 0 Å². The average molecular weight is 222 g/mol. The fraction of sp³-hybridized carbons (Fsp3) is 0.333. The molecular formula is C6H7N2O2SV-. The first-order valence-electron chi connectivity index (χ1n) is 2.92. The van der Waals surface area contributed by atoms with Crippen LogP contribution in [0, 0.1) is 13.1 Å². The Morgan fingerprint density at radius 1 is 1.50 bits per heavy atom. The van der Waals surface area contributed by atoms with E-state index in [9.17, 15) is 8.42 Å². The third-order valence-electron chi connectivity index (χ3n) is 1.04. The van der Waals surface area contributed by atoms with E-state index in [0.717, 1.165) is 6.26 Å². The Bertz CT molecular complexity index is 364. The van der Waals surface area contributed by atoms with Crippen molar-refractivity contribution >= 4 is 9.84 Å². The minimum atomic E-state index is -3.28. The van der Waals surface area contributed by atoms with Gasteiger partial charge in [0, 0.05) is 24.8 Å². The van der Waals surface area contributed by atoms with Gasteiger partial charge in [0.25, 0.3) is 0 Å². The van der Waals surface area contributed by atoms with Crippen molar-refractivity contribution in [2.45, 2.75) is 12.1 Å². The molecule has 0 N–H and O–H groups in total. The SMILES string of the molecule is Cc1c[c-]nc(S(C)(=O)=O)n1.[V]. The van der Waals surface area contributed by atoms with Crippen LogP contribution < -0.4 is 0 Å². The molecule has 0 aliphatic heterocycles. The van der Waals surface area contributed by atoms with Crippen molar-refractivity contribution < 1.29 is 27.0 Å². The van der Waals surface area contributed by atoms with Gasteiger partial charge in [0.15, 0.2) is 9.84 Å². The summed E-state index contributed by atoms with van der Waals surface area (Å²) in [7, 11) is -3.28. The number of nitrogens with zero attached hydrogens (tertiary/aromatic N) is 2. The monoisotopic (exact) mass is 222 g/mol. The van der Waals surface area contributed by atoms with Gasteiger partial charge in [-0.15, -0.1) is 6.07 Å². The van der Waals surface area contributed by atoms with Crippen molar-refractivity contribution in [1.82, 2.24) is 9.97 Å². The molecule has 1 aromatic heterocycles. The smallest absolute Gasteiger partial charge is 0.163 e. The molecule has 0 saturated heterocycles. The number of rotatable bonds is 1. The van der Waals surface area contributed by atoms with Gasteiger partial charge in [-0.3, -0.25) is 0 Å². The van der Waals surface area contributed by atoms with Crippen molar-refractivity contribution in [1.29, 1.82) is 0 Å². The largest absolute Gasteiger partial charge is 0.360 e. The van der Waals surface area contributed by atoms with E-state index >= 15 is 0 Å². The van der Waals surface area contributed by atoms with Crippen LogP contribution in [0.4, 0.5) is 0 Å². The van der Waals surface area contributed by atoms with Crippen LogP contribution in [0.3, 0.4) is 0 Å². The molecule has 0 spiro atoms. The second kappa shape index (κ2) is 4.02. The molecule has 0 aromatic carbocycles. The Hall–Kier alpha value is -0.386.